The third-order valence-corrected chi connectivity index (χ3v) is 6.03. The molecule has 5 rings (SSSR count). The molecule has 8 nitrogen and oxygen atoms in total. The van der Waals surface area contributed by atoms with Crippen LogP contribution in [-0.4, -0.2) is 33.0 Å². The molecule has 0 radical (unpaired) electrons. The zero-order valence-corrected chi connectivity index (χ0v) is 20.0. The highest BCUT2D eigenvalue weighted by atomic mass is 19.4. The minimum Gasteiger partial charge on any atom is -0.481 e. The summed E-state index contributed by atoms with van der Waals surface area (Å²) in [5.41, 5.74) is 0.0924. The van der Waals surface area contributed by atoms with E-state index < -0.39 is 36.4 Å². The molecule has 0 bridgehead atoms. The zero-order valence-electron chi connectivity index (χ0n) is 20.0. The van der Waals surface area contributed by atoms with E-state index in [1.165, 1.54) is 29.0 Å². The van der Waals surface area contributed by atoms with E-state index >= 15 is 0 Å². The lowest BCUT2D eigenvalue weighted by Crippen LogP contribution is -2.15. The van der Waals surface area contributed by atoms with Gasteiger partial charge in [0.15, 0.2) is 0 Å². The number of alkyl halides is 3. The van der Waals surface area contributed by atoms with Crippen molar-refractivity contribution in [2.45, 2.75) is 25.3 Å². The quantitative estimate of drug-likeness (QED) is 0.277. The fraction of sp³-hybridized carbons (Fsp3) is 0.143. The molecule has 39 heavy (non-hydrogen) atoms. The molecule has 11 heteroatoms. The van der Waals surface area contributed by atoms with Crippen LogP contribution in [0.25, 0.3) is 16.8 Å². The SMILES string of the molecule is O=C(O)Cc1c(C(=O)O)c2cc(Oc3ccc(C(F)(F)F)cc3)ccc2n1C1=COC(Cc2ccccc2)O1. The summed E-state index contributed by atoms with van der Waals surface area (Å²) < 4.78 is 57.2. The number of halogens is 3. The van der Waals surface area contributed by atoms with Gasteiger partial charge in [-0.15, -0.1) is 0 Å². The van der Waals surface area contributed by atoms with E-state index in [1.54, 1.807) is 0 Å². The lowest BCUT2D eigenvalue weighted by Gasteiger charge is -2.14. The number of carboxylic acids is 2. The molecule has 0 amide bonds. The average Bonchev–Trinajstić information content (AvgIpc) is 3.45. The summed E-state index contributed by atoms with van der Waals surface area (Å²) in [5.74, 6) is -2.28. The Labute approximate surface area is 219 Å². The number of nitrogens with zero attached hydrogens (tertiary/aromatic N) is 1. The van der Waals surface area contributed by atoms with Gasteiger partial charge in [0.2, 0.25) is 12.2 Å². The Kier molecular flexibility index (Phi) is 6.65. The van der Waals surface area contributed by atoms with E-state index in [9.17, 15) is 33.0 Å². The summed E-state index contributed by atoms with van der Waals surface area (Å²) in [4.78, 5) is 24.0. The van der Waals surface area contributed by atoms with Crippen molar-refractivity contribution in [1.29, 1.82) is 0 Å². The summed E-state index contributed by atoms with van der Waals surface area (Å²) in [6, 6.07) is 17.8. The number of hydrogen-bond acceptors (Lipinski definition) is 5. The molecule has 3 aromatic carbocycles. The Hall–Kier alpha value is -4.93. The number of rotatable bonds is 8. The number of aliphatic carboxylic acids is 1. The van der Waals surface area contributed by atoms with E-state index in [-0.39, 0.29) is 34.0 Å². The number of aromatic nitrogens is 1. The van der Waals surface area contributed by atoms with Crippen molar-refractivity contribution in [2.24, 2.45) is 0 Å². The molecule has 0 saturated carbocycles. The topological polar surface area (TPSA) is 107 Å². The van der Waals surface area contributed by atoms with Crippen molar-refractivity contribution in [3.8, 4) is 11.5 Å². The number of fused-ring (bicyclic) bond motifs is 1. The number of hydrogen-bond donors (Lipinski definition) is 2. The molecule has 1 aromatic heterocycles. The Morgan fingerprint density at radius 2 is 1.64 bits per heavy atom. The third-order valence-electron chi connectivity index (χ3n) is 6.03. The van der Waals surface area contributed by atoms with Crippen LogP contribution < -0.4 is 4.74 Å². The molecule has 0 saturated heterocycles. The van der Waals surface area contributed by atoms with Gasteiger partial charge in [-0.25, -0.2) is 4.79 Å². The molecular weight excluding hydrogens is 519 g/mol. The number of aromatic carboxylic acids is 1. The van der Waals surface area contributed by atoms with Gasteiger partial charge in [0, 0.05) is 11.8 Å². The first-order valence-electron chi connectivity index (χ1n) is 11.6. The first-order chi connectivity index (χ1) is 18.6. The highest BCUT2D eigenvalue weighted by Crippen LogP contribution is 2.37. The molecule has 200 valence electrons. The van der Waals surface area contributed by atoms with E-state index in [0.29, 0.717) is 11.9 Å². The van der Waals surface area contributed by atoms with E-state index in [2.05, 4.69) is 0 Å². The third kappa shape index (κ3) is 5.37. The van der Waals surface area contributed by atoms with Gasteiger partial charge in [0.05, 0.1) is 28.8 Å². The van der Waals surface area contributed by atoms with E-state index in [4.69, 9.17) is 14.2 Å². The predicted molar refractivity (Wildman–Crippen MR) is 132 cm³/mol. The lowest BCUT2D eigenvalue weighted by molar-refractivity contribution is -0.138. The van der Waals surface area contributed by atoms with Crippen molar-refractivity contribution in [2.75, 3.05) is 0 Å². The maximum Gasteiger partial charge on any atom is 0.416 e. The van der Waals surface area contributed by atoms with Gasteiger partial charge in [-0.2, -0.15) is 13.2 Å². The van der Waals surface area contributed by atoms with Crippen LogP contribution in [0, 0.1) is 0 Å². The fourth-order valence-electron chi connectivity index (χ4n) is 4.36. The van der Waals surface area contributed by atoms with Crippen LogP contribution in [0.4, 0.5) is 13.2 Å². The maximum absolute atomic E-state index is 12.9. The van der Waals surface area contributed by atoms with Crippen LogP contribution in [0.3, 0.4) is 0 Å². The van der Waals surface area contributed by atoms with Crippen molar-refractivity contribution in [3.63, 3.8) is 0 Å². The van der Waals surface area contributed by atoms with Crippen molar-refractivity contribution >= 4 is 28.7 Å². The molecule has 0 aliphatic carbocycles. The van der Waals surface area contributed by atoms with Gasteiger partial charge >= 0.3 is 18.1 Å². The first kappa shape index (κ1) is 25.7. The normalized spacial score (nSPS) is 14.9. The van der Waals surface area contributed by atoms with E-state index in [0.717, 1.165) is 29.8 Å². The van der Waals surface area contributed by atoms with Crippen molar-refractivity contribution in [1.82, 2.24) is 4.57 Å². The lowest BCUT2D eigenvalue weighted by atomic mass is 10.1. The number of benzene rings is 3. The van der Waals surface area contributed by atoms with Crippen LogP contribution >= 0.6 is 0 Å². The summed E-state index contributed by atoms with van der Waals surface area (Å²) in [6.07, 6.45) is -4.15. The van der Waals surface area contributed by atoms with Gasteiger partial charge in [-0.3, -0.25) is 9.36 Å². The van der Waals surface area contributed by atoms with Crippen LogP contribution in [0.2, 0.25) is 0 Å². The molecule has 4 aromatic rings. The predicted octanol–water partition coefficient (Wildman–Crippen LogP) is 6.15. The second-order valence-electron chi connectivity index (χ2n) is 8.67. The maximum atomic E-state index is 12.9. The van der Waals surface area contributed by atoms with Gasteiger partial charge in [0.25, 0.3) is 0 Å². The van der Waals surface area contributed by atoms with Crippen LogP contribution in [-0.2, 0) is 33.3 Å². The highest BCUT2D eigenvalue weighted by Gasteiger charge is 2.31. The molecular formula is C28H20F3NO7. The molecule has 0 fully saturated rings. The summed E-state index contributed by atoms with van der Waals surface area (Å²) in [7, 11) is 0. The molecule has 1 unspecified atom stereocenters. The second-order valence-corrected chi connectivity index (χ2v) is 8.67. The Balaban J connectivity index is 1.51. The van der Waals surface area contributed by atoms with Crippen LogP contribution in [0.15, 0.2) is 79.1 Å². The molecule has 1 aliphatic rings. The van der Waals surface area contributed by atoms with Gasteiger partial charge in [-0.05, 0) is 48.0 Å². The van der Waals surface area contributed by atoms with Crippen molar-refractivity contribution < 1.29 is 47.2 Å². The molecule has 1 aliphatic heterocycles. The standard InChI is InChI=1S/C28H20F3NO7/c29-28(30,31)17-6-8-18(9-7-17)38-19-10-11-21-20(13-19)26(27(35)36)22(14-24(33)34)32(21)23-15-37-25(39-23)12-16-4-2-1-3-5-16/h1-11,13,15,25H,12,14H2,(H,33,34)(H,35,36). The summed E-state index contributed by atoms with van der Waals surface area (Å²) in [5, 5.41) is 19.7. The number of carbonyl (C=O) groups is 2. The monoisotopic (exact) mass is 539 g/mol. The van der Waals surface area contributed by atoms with Gasteiger partial charge < -0.3 is 24.4 Å². The summed E-state index contributed by atoms with van der Waals surface area (Å²) >= 11 is 0. The minimum absolute atomic E-state index is 0.0492. The molecule has 0 spiro atoms. The number of carboxylic acid groups (broad SMARTS) is 2. The van der Waals surface area contributed by atoms with Gasteiger partial charge in [-0.1, -0.05) is 30.3 Å². The number of ether oxygens (including phenoxy) is 3. The van der Waals surface area contributed by atoms with Crippen molar-refractivity contribution in [3.05, 3.63) is 101 Å². The Morgan fingerprint density at radius 3 is 2.28 bits per heavy atom. The minimum atomic E-state index is -4.50. The second kappa shape index (κ2) is 10.1. The van der Waals surface area contributed by atoms with Gasteiger partial charge in [0.1, 0.15) is 17.8 Å². The van der Waals surface area contributed by atoms with E-state index in [1.807, 2.05) is 30.3 Å². The van der Waals surface area contributed by atoms with Crippen LogP contribution in [0.1, 0.15) is 27.2 Å². The average molecular weight is 539 g/mol. The zero-order chi connectivity index (χ0) is 27.7. The molecule has 2 N–H and O–H groups in total. The molecule has 1 atom stereocenters. The smallest absolute Gasteiger partial charge is 0.416 e. The molecule has 2 heterocycles. The van der Waals surface area contributed by atoms with Crippen LogP contribution in [0.5, 0.6) is 11.5 Å². The largest absolute Gasteiger partial charge is 0.481 e. The first-order valence-corrected chi connectivity index (χ1v) is 11.6. The fourth-order valence-corrected chi connectivity index (χ4v) is 4.36. The summed E-state index contributed by atoms with van der Waals surface area (Å²) in [6.45, 7) is 0. The Bertz CT molecular complexity index is 1570. The Morgan fingerprint density at radius 1 is 0.949 bits per heavy atom. The highest BCUT2D eigenvalue weighted by molar-refractivity contribution is 6.07.